The summed E-state index contributed by atoms with van der Waals surface area (Å²) in [6.45, 7) is 2.88. The van der Waals surface area contributed by atoms with Crippen LogP contribution in [0.5, 0.6) is 0 Å². The van der Waals surface area contributed by atoms with Crippen LogP contribution in [-0.2, 0) is 4.79 Å². The van der Waals surface area contributed by atoms with E-state index in [1.165, 1.54) is 24.6 Å². The van der Waals surface area contributed by atoms with Crippen molar-refractivity contribution >= 4 is 29.3 Å². The predicted molar refractivity (Wildman–Crippen MR) is 92.6 cm³/mol. The number of hydrogen-bond donors (Lipinski definition) is 1. The molecule has 1 amide bonds. The summed E-state index contributed by atoms with van der Waals surface area (Å²) < 4.78 is 5.53. The number of carbonyl (C=O) groups is 1. The summed E-state index contributed by atoms with van der Waals surface area (Å²) >= 11 is 7.31. The molecule has 0 atom stereocenters. The molecule has 5 nitrogen and oxygen atoms in total. The SMILES string of the molecule is CCCCCCNC(=O)CSc1nnc(-c2ccccc2Cl)o1. The number of halogens is 1. The minimum absolute atomic E-state index is 0.0241. The van der Waals surface area contributed by atoms with Gasteiger partial charge in [-0.05, 0) is 18.6 Å². The monoisotopic (exact) mass is 353 g/mol. The van der Waals surface area contributed by atoms with Crippen LogP contribution >= 0.6 is 23.4 Å². The second-order valence-corrected chi connectivity index (χ2v) is 6.39. The van der Waals surface area contributed by atoms with E-state index < -0.39 is 0 Å². The molecule has 1 aromatic carbocycles. The molecule has 0 unspecified atom stereocenters. The lowest BCUT2D eigenvalue weighted by Gasteiger charge is -2.03. The highest BCUT2D eigenvalue weighted by Crippen LogP contribution is 2.28. The summed E-state index contributed by atoms with van der Waals surface area (Å²) in [5.74, 6) is 0.597. The maximum absolute atomic E-state index is 11.7. The highest BCUT2D eigenvalue weighted by Gasteiger charge is 2.13. The maximum Gasteiger partial charge on any atom is 0.277 e. The topological polar surface area (TPSA) is 68.0 Å². The minimum atomic E-state index is -0.0241. The van der Waals surface area contributed by atoms with Gasteiger partial charge in [0.1, 0.15) is 0 Å². The molecule has 2 aromatic rings. The fourth-order valence-corrected chi connectivity index (χ4v) is 2.78. The Morgan fingerprint density at radius 2 is 2.09 bits per heavy atom. The van der Waals surface area contributed by atoms with Gasteiger partial charge in [0.05, 0.1) is 16.3 Å². The van der Waals surface area contributed by atoms with Gasteiger partial charge in [0.2, 0.25) is 11.8 Å². The molecular weight excluding hydrogens is 334 g/mol. The van der Waals surface area contributed by atoms with Crippen LogP contribution in [0.25, 0.3) is 11.5 Å². The number of rotatable bonds is 9. The van der Waals surface area contributed by atoms with Gasteiger partial charge in [0, 0.05) is 6.54 Å². The third-order valence-corrected chi connectivity index (χ3v) is 4.34. The number of nitrogens with zero attached hydrogens (tertiary/aromatic N) is 2. The van der Waals surface area contributed by atoms with Crippen LogP contribution in [0.1, 0.15) is 32.6 Å². The first-order valence-corrected chi connectivity index (χ1v) is 9.05. The first-order chi connectivity index (χ1) is 11.2. The van der Waals surface area contributed by atoms with Crippen molar-refractivity contribution in [2.24, 2.45) is 0 Å². The molecule has 124 valence electrons. The standard InChI is InChI=1S/C16H20ClN3O2S/c1-2-3-4-7-10-18-14(21)11-23-16-20-19-15(22-16)12-8-5-6-9-13(12)17/h5-6,8-9H,2-4,7,10-11H2,1H3,(H,18,21). The fourth-order valence-electron chi connectivity index (χ4n) is 1.97. The van der Waals surface area contributed by atoms with Crippen molar-refractivity contribution < 1.29 is 9.21 Å². The zero-order chi connectivity index (χ0) is 16.5. The lowest BCUT2D eigenvalue weighted by Crippen LogP contribution is -2.26. The highest BCUT2D eigenvalue weighted by molar-refractivity contribution is 7.99. The second kappa shape index (κ2) is 9.57. The largest absolute Gasteiger partial charge is 0.411 e. The van der Waals surface area contributed by atoms with Gasteiger partial charge in [-0.3, -0.25) is 4.79 Å². The molecule has 0 saturated heterocycles. The van der Waals surface area contributed by atoms with Gasteiger partial charge in [0.15, 0.2) is 0 Å². The van der Waals surface area contributed by atoms with Crippen molar-refractivity contribution in [2.45, 2.75) is 37.8 Å². The Balaban J connectivity index is 1.77. The van der Waals surface area contributed by atoms with Gasteiger partial charge >= 0.3 is 0 Å². The Morgan fingerprint density at radius 1 is 1.26 bits per heavy atom. The van der Waals surface area contributed by atoms with Crippen LogP contribution < -0.4 is 5.32 Å². The lowest BCUT2D eigenvalue weighted by atomic mass is 10.2. The summed E-state index contributed by atoms with van der Waals surface area (Å²) in [5.41, 5.74) is 0.689. The molecule has 1 N–H and O–H groups in total. The number of unbranched alkanes of at least 4 members (excludes halogenated alkanes) is 3. The molecule has 2 rings (SSSR count). The van der Waals surface area contributed by atoms with E-state index in [2.05, 4.69) is 22.4 Å². The van der Waals surface area contributed by atoms with E-state index in [4.69, 9.17) is 16.0 Å². The van der Waals surface area contributed by atoms with E-state index >= 15 is 0 Å². The molecule has 0 aliphatic rings. The molecule has 0 radical (unpaired) electrons. The van der Waals surface area contributed by atoms with Crippen molar-refractivity contribution in [2.75, 3.05) is 12.3 Å². The van der Waals surface area contributed by atoms with E-state index in [0.717, 1.165) is 12.8 Å². The van der Waals surface area contributed by atoms with Gasteiger partial charge in [-0.25, -0.2) is 0 Å². The van der Waals surface area contributed by atoms with Crippen molar-refractivity contribution in [1.29, 1.82) is 0 Å². The molecule has 0 aliphatic heterocycles. The number of hydrogen-bond acceptors (Lipinski definition) is 5. The Kier molecular flexibility index (Phi) is 7.42. The Labute approximate surface area is 145 Å². The van der Waals surface area contributed by atoms with Gasteiger partial charge in [0.25, 0.3) is 5.22 Å². The van der Waals surface area contributed by atoms with E-state index in [1.54, 1.807) is 6.07 Å². The summed E-state index contributed by atoms with van der Waals surface area (Å²) in [6, 6.07) is 7.26. The Morgan fingerprint density at radius 3 is 2.87 bits per heavy atom. The first kappa shape index (κ1) is 17.8. The van der Waals surface area contributed by atoms with Gasteiger partial charge in [-0.15, -0.1) is 10.2 Å². The zero-order valence-corrected chi connectivity index (χ0v) is 14.6. The van der Waals surface area contributed by atoms with Crippen molar-refractivity contribution in [3.63, 3.8) is 0 Å². The third-order valence-electron chi connectivity index (χ3n) is 3.19. The summed E-state index contributed by atoms with van der Waals surface area (Å²) in [6.07, 6.45) is 4.56. The quantitative estimate of drug-likeness (QED) is 0.541. The van der Waals surface area contributed by atoms with Crippen LogP contribution in [-0.4, -0.2) is 28.4 Å². The number of amides is 1. The van der Waals surface area contributed by atoms with Crippen molar-refractivity contribution in [1.82, 2.24) is 15.5 Å². The number of thioether (sulfide) groups is 1. The molecule has 0 fully saturated rings. The van der Waals surface area contributed by atoms with Crippen molar-refractivity contribution in [3.8, 4) is 11.5 Å². The maximum atomic E-state index is 11.7. The van der Waals surface area contributed by atoms with Gasteiger partial charge in [-0.2, -0.15) is 0 Å². The third kappa shape index (κ3) is 5.88. The molecular formula is C16H20ClN3O2S. The van der Waals surface area contributed by atoms with E-state index in [1.807, 2.05) is 18.2 Å². The average Bonchev–Trinajstić information content (AvgIpc) is 3.02. The average molecular weight is 354 g/mol. The second-order valence-electron chi connectivity index (χ2n) is 5.05. The molecule has 0 aliphatic carbocycles. The Hall–Kier alpha value is -1.53. The summed E-state index contributed by atoms with van der Waals surface area (Å²) in [7, 11) is 0. The van der Waals surface area contributed by atoms with E-state index in [-0.39, 0.29) is 11.7 Å². The molecule has 7 heteroatoms. The predicted octanol–water partition coefficient (Wildman–Crippen LogP) is 4.18. The summed E-state index contributed by atoms with van der Waals surface area (Å²) in [4.78, 5) is 11.7. The summed E-state index contributed by atoms with van der Waals surface area (Å²) in [5, 5.41) is 11.7. The van der Waals surface area contributed by atoms with Gasteiger partial charge in [-0.1, -0.05) is 61.7 Å². The molecule has 0 bridgehead atoms. The van der Waals surface area contributed by atoms with Crippen LogP contribution in [0.15, 0.2) is 33.9 Å². The lowest BCUT2D eigenvalue weighted by molar-refractivity contribution is -0.118. The van der Waals surface area contributed by atoms with Crippen LogP contribution in [0.3, 0.4) is 0 Å². The Bertz CT molecular complexity index is 633. The minimum Gasteiger partial charge on any atom is -0.411 e. The molecule has 1 heterocycles. The highest BCUT2D eigenvalue weighted by atomic mass is 35.5. The van der Waals surface area contributed by atoms with Crippen LogP contribution in [0.2, 0.25) is 5.02 Å². The number of benzene rings is 1. The van der Waals surface area contributed by atoms with E-state index in [9.17, 15) is 4.79 Å². The van der Waals surface area contributed by atoms with Crippen molar-refractivity contribution in [3.05, 3.63) is 29.3 Å². The number of nitrogens with one attached hydrogen (secondary N) is 1. The normalized spacial score (nSPS) is 10.7. The van der Waals surface area contributed by atoms with Gasteiger partial charge < -0.3 is 9.73 Å². The first-order valence-electron chi connectivity index (χ1n) is 7.68. The molecule has 0 saturated carbocycles. The molecule has 1 aromatic heterocycles. The zero-order valence-electron chi connectivity index (χ0n) is 13.0. The fraction of sp³-hybridized carbons (Fsp3) is 0.438. The molecule has 0 spiro atoms. The number of aromatic nitrogens is 2. The number of carbonyl (C=O) groups excluding carboxylic acids is 1. The van der Waals surface area contributed by atoms with Crippen LogP contribution in [0, 0.1) is 0 Å². The molecule has 23 heavy (non-hydrogen) atoms. The smallest absolute Gasteiger partial charge is 0.277 e. The van der Waals surface area contributed by atoms with Crippen LogP contribution in [0.4, 0.5) is 0 Å². The van der Waals surface area contributed by atoms with E-state index in [0.29, 0.717) is 28.2 Å².